The van der Waals surface area contributed by atoms with Gasteiger partial charge in [0.1, 0.15) is 31.1 Å². The normalized spacial score (nSPS) is 16.7. The zero-order valence-corrected chi connectivity index (χ0v) is 14.6. The Morgan fingerprint density at radius 1 is 0.962 bits per heavy atom. The minimum atomic E-state index is -0.0282. The van der Waals surface area contributed by atoms with Gasteiger partial charge in [-0.15, -0.1) is 0 Å². The molecule has 1 amide bonds. The lowest BCUT2D eigenvalue weighted by Gasteiger charge is -2.20. The fourth-order valence-electron chi connectivity index (χ4n) is 3.25. The van der Waals surface area contributed by atoms with Gasteiger partial charge in [-0.1, -0.05) is 12.8 Å². The molecule has 1 aromatic carbocycles. The molecule has 2 aliphatic heterocycles. The van der Waals surface area contributed by atoms with E-state index in [0.29, 0.717) is 30.5 Å². The highest BCUT2D eigenvalue weighted by atomic mass is 16.6. The van der Waals surface area contributed by atoms with E-state index >= 15 is 0 Å². The molecule has 1 N–H and O–H groups in total. The second-order valence-electron chi connectivity index (χ2n) is 6.48. The maximum Gasteiger partial charge on any atom is 0.272 e. The van der Waals surface area contributed by atoms with E-state index in [9.17, 15) is 4.79 Å². The number of carbonyl (C=O) groups is 1. The summed E-state index contributed by atoms with van der Waals surface area (Å²) in [5.74, 6) is 1.99. The van der Waals surface area contributed by atoms with E-state index in [1.807, 2.05) is 23.1 Å². The van der Waals surface area contributed by atoms with Gasteiger partial charge in [-0.3, -0.25) is 4.79 Å². The molecule has 3 heterocycles. The van der Waals surface area contributed by atoms with E-state index < -0.39 is 0 Å². The van der Waals surface area contributed by atoms with Crippen LogP contribution >= 0.6 is 0 Å². The summed E-state index contributed by atoms with van der Waals surface area (Å²) in [5, 5.41) is 3.21. The smallest absolute Gasteiger partial charge is 0.272 e. The molecule has 1 fully saturated rings. The molecule has 7 nitrogen and oxygen atoms in total. The maximum absolute atomic E-state index is 12.7. The zero-order valence-electron chi connectivity index (χ0n) is 14.6. The molecule has 1 saturated heterocycles. The number of nitrogens with one attached hydrogen (secondary N) is 1. The lowest BCUT2D eigenvalue weighted by atomic mass is 10.2. The number of likely N-dealkylation sites (tertiary alicyclic amines) is 1. The van der Waals surface area contributed by atoms with Crippen LogP contribution in [0.3, 0.4) is 0 Å². The van der Waals surface area contributed by atoms with Crippen LogP contribution in [0.2, 0.25) is 0 Å². The van der Waals surface area contributed by atoms with E-state index in [1.54, 1.807) is 6.07 Å². The number of hydrogen-bond acceptors (Lipinski definition) is 6. The van der Waals surface area contributed by atoms with Crippen molar-refractivity contribution in [2.45, 2.75) is 25.7 Å². The second-order valence-corrected chi connectivity index (χ2v) is 6.48. The molecular weight excluding hydrogens is 332 g/mol. The number of nitrogens with zero attached hydrogens (tertiary/aromatic N) is 3. The first-order valence-corrected chi connectivity index (χ1v) is 9.07. The van der Waals surface area contributed by atoms with Crippen molar-refractivity contribution in [1.29, 1.82) is 0 Å². The van der Waals surface area contributed by atoms with Gasteiger partial charge in [0.2, 0.25) is 0 Å². The third-order valence-corrected chi connectivity index (χ3v) is 4.59. The first kappa shape index (κ1) is 16.6. The average molecular weight is 354 g/mol. The van der Waals surface area contributed by atoms with Crippen LogP contribution in [0.25, 0.3) is 0 Å². The molecule has 0 atom stereocenters. The Kier molecular flexibility index (Phi) is 4.86. The van der Waals surface area contributed by atoms with Crippen LogP contribution in [0, 0.1) is 0 Å². The maximum atomic E-state index is 12.7. The molecule has 0 bridgehead atoms. The Balaban J connectivity index is 1.49. The quantitative estimate of drug-likeness (QED) is 0.913. The van der Waals surface area contributed by atoms with Crippen molar-refractivity contribution >= 4 is 17.4 Å². The summed E-state index contributed by atoms with van der Waals surface area (Å²) in [4.78, 5) is 23.0. The van der Waals surface area contributed by atoms with Crippen molar-refractivity contribution in [2.75, 3.05) is 31.6 Å². The van der Waals surface area contributed by atoms with Crippen molar-refractivity contribution < 1.29 is 14.3 Å². The van der Waals surface area contributed by atoms with Gasteiger partial charge >= 0.3 is 0 Å². The fourth-order valence-corrected chi connectivity index (χ4v) is 3.25. The van der Waals surface area contributed by atoms with Gasteiger partial charge in [0.05, 0.1) is 0 Å². The number of fused-ring (bicyclic) bond motifs is 1. The highest BCUT2D eigenvalue weighted by Gasteiger charge is 2.19. The minimum absolute atomic E-state index is 0.0282. The average Bonchev–Trinajstić information content (AvgIpc) is 2.97. The Bertz CT molecular complexity index is 788. The van der Waals surface area contributed by atoms with E-state index in [4.69, 9.17) is 9.47 Å². The largest absolute Gasteiger partial charge is 0.486 e. The predicted octanol–water partition coefficient (Wildman–Crippen LogP) is 3.01. The first-order chi connectivity index (χ1) is 12.8. The van der Waals surface area contributed by atoms with Crippen LogP contribution in [0.4, 0.5) is 11.5 Å². The minimum Gasteiger partial charge on any atom is -0.486 e. The predicted molar refractivity (Wildman–Crippen MR) is 97.1 cm³/mol. The monoisotopic (exact) mass is 354 g/mol. The number of hydrogen-bond donors (Lipinski definition) is 1. The number of ether oxygens (including phenoxy) is 2. The molecule has 7 heteroatoms. The second kappa shape index (κ2) is 7.59. The molecule has 26 heavy (non-hydrogen) atoms. The summed E-state index contributed by atoms with van der Waals surface area (Å²) in [6, 6.07) is 7.32. The number of carbonyl (C=O) groups excluding carboxylic acids is 1. The number of rotatable bonds is 3. The highest BCUT2D eigenvalue weighted by molar-refractivity contribution is 5.93. The van der Waals surface area contributed by atoms with Crippen molar-refractivity contribution in [3.8, 4) is 11.5 Å². The molecule has 0 aliphatic carbocycles. The SMILES string of the molecule is O=C(c1cc(Nc2ccc3c(c2)OCCO3)ncn1)N1CCCCCC1. The van der Waals surface area contributed by atoms with Crippen LogP contribution < -0.4 is 14.8 Å². The Morgan fingerprint density at radius 3 is 2.54 bits per heavy atom. The summed E-state index contributed by atoms with van der Waals surface area (Å²) in [6.07, 6.45) is 5.90. The van der Waals surface area contributed by atoms with Crippen molar-refractivity contribution in [2.24, 2.45) is 0 Å². The summed E-state index contributed by atoms with van der Waals surface area (Å²) >= 11 is 0. The lowest BCUT2D eigenvalue weighted by molar-refractivity contribution is 0.0755. The molecule has 0 saturated carbocycles. The first-order valence-electron chi connectivity index (χ1n) is 9.07. The molecule has 1 aromatic heterocycles. The summed E-state index contributed by atoms with van der Waals surface area (Å²) in [7, 11) is 0. The standard InChI is InChI=1S/C19H22N4O3/c24-19(23-7-3-1-2-4-8-23)15-12-18(21-13-20-15)22-14-5-6-16-17(11-14)26-10-9-25-16/h5-6,11-13H,1-4,7-10H2,(H,20,21,22). The Hall–Kier alpha value is -2.83. The molecule has 0 unspecified atom stereocenters. The van der Waals surface area contributed by atoms with Gasteiger partial charge in [0.15, 0.2) is 11.5 Å². The van der Waals surface area contributed by atoms with Gasteiger partial charge in [-0.2, -0.15) is 0 Å². The van der Waals surface area contributed by atoms with Gasteiger partial charge < -0.3 is 19.7 Å². The van der Waals surface area contributed by atoms with Gasteiger partial charge in [0.25, 0.3) is 5.91 Å². The Labute approximate surface area is 152 Å². The number of aromatic nitrogens is 2. The third-order valence-electron chi connectivity index (χ3n) is 4.59. The molecule has 0 spiro atoms. The van der Waals surface area contributed by atoms with Gasteiger partial charge in [0, 0.05) is 30.9 Å². The van der Waals surface area contributed by atoms with Crippen LogP contribution in [-0.4, -0.2) is 47.1 Å². The zero-order chi connectivity index (χ0) is 17.8. The fraction of sp³-hybridized carbons (Fsp3) is 0.421. The Morgan fingerprint density at radius 2 is 1.73 bits per heavy atom. The van der Waals surface area contributed by atoms with Crippen molar-refractivity contribution in [3.05, 3.63) is 36.3 Å². The highest BCUT2D eigenvalue weighted by Crippen LogP contribution is 2.33. The number of amides is 1. The van der Waals surface area contributed by atoms with E-state index in [-0.39, 0.29) is 5.91 Å². The van der Waals surface area contributed by atoms with Crippen LogP contribution in [0.1, 0.15) is 36.2 Å². The van der Waals surface area contributed by atoms with Gasteiger partial charge in [-0.25, -0.2) is 9.97 Å². The molecule has 2 aromatic rings. The van der Waals surface area contributed by atoms with E-state index in [2.05, 4.69) is 15.3 Å². The molecule has 0 radical (unpaired) electrons. The third kappa shape index (κ3) is 3.71. The number of benzene rings is 1. The van der Waals surface area contributed by atoms with Crippen LogP contribution in [-0.2, 0) is 0 Å². The van der Waals surface area contributed by atoms with Crippen LogP contribution in [0.15, 0.2) is 30.6 Å². The molecule has 2 aliphatic rings. The lowest BCUT2D eigenvalue weighted by Crippen LogP contribution is -2.32. The van der Waals surface area contributed by atoms with E-state index in [0.717, 1.165) is 37.4 Å². The summed E-state index contributed by atoms with van der Waals surface area (Å²) in [5.41, 5.74) is 1.24. The summed E-state index contributed by atoms with van der Waals surface area (Å²) in [6.45, 7) is 2.70. The topological polar surface area (TPSA) is 76.6 Å². The van der Waals surface area contributed by atoms with Crippen LogP contribution in [0.5, 0.6) is 11.5 Å². The van der Waals surface area contributed by atoms with E-state index in [1.165, 1.54) is 19.2 Å². The van der Waals surface area contributed by atoms with Gasteiger partial charge in [-0.05, 0) is 25.0 Å². The van der Waals surface area contributed by atoms with Crippen molar-refractivity contribution in [3.63, 3.8) is 0 Å². The summed E-state index contributed by atoms with van der Waals surface area (Å²) < 4.78 is 11.1. The molecular formula is C19H22N4O3. The number of anilines is 2. The molecule has 136 valence electrons. The van der Waals surface area contributed by atoms with Crippen molar-refractivity contribution in [1.82, 2.24) is 14.9 Å². The molecule has 4 rings (SSSR count).